The molecule has 0 aliphatic carbocycles. The number of halogens is 2. The lowest BCUT2D eigenvalue weighted by Crippen LogP contribution is -2.27. The van der Waals surface area contributed by atoms with Gasteiger partial charge in [-0.3, -0.25) is 4.90 Å². The first kappa shape index (κ1) is 16.0. The van der Waals surface area contributed by atoms with E-state index in [0.717, 1.165) is 38.4 Å². The van der Waals surface area contributed by atoms with Crippen molar-refractivity contribution in [2.75, 3.05) is 26.3 Å². The molecule has 0 unspecified atom stereocenters. The summed E-state index contributed by atoms with van der Waals surface area (Å²) < 4.78 is 6.80. The van der Waals surface area contributed by atoms with Crippen molar-refractivity contribution in [3.8, 4) is 5.75 Å². The summed E-state index contributed by atoms with van der Waals surface area (Å²) in [7, 11) is 0. The van der Waals surface area contributed by atoms with Crippen LogP contribution in [0, 0.1) is 0 Å². The smallest absolute Gasteiger partial charge is 0.143 e. The van der Waals surface area contributed by atoms with Crippen molar-refractivity contribution in [2.45, 2.75) is 20.4 Å². The van der Waals surface area contributed by atoms with Gasteiger partial charge in [0, 0.05) is 19.7 Å². The van der Waals surface area contributed by atoms with Crippen LogP contribution in [0.2, 0.25) is 0 Å². The van der Waals surface area contributed by atoms with Crippen LogP contribution in [0.3, 0.4) is 0 Å². The number of hydrogen-bond donors (Lipinski definition) is 1. The molecule has 0 heterocycles. The van der Waals surface area contributed by atoms with Crippen molar-refractivity contribution >= 4 is 31.9 Å². The maximum atomic E-state index is 9.67. The Hall–Kier alpha value is -0.100. The number of rotatable bonds is 7. The van der Waals surface area contributed by atoms with E-state index in [1.54, 1.807) is 0 Å². The number of hydrogen-bond acceptors (Lipinski definition) is 3. The van der Waals surface area contributed by atoms with Gasteiger partial charge in [-0.2, -0.15) is 0 Å². The van der Waals surface area contributed by atoms with Gasteiger partial charge in [-0.25, -0.2) is 0 Å². The largest absolute Gasteiger partial charge is 0.506 e. The van der Waals surface area contributed by atoms with Gasteiger partial charge in [0.2, 0.25) is 0 Å². The summed E-state index contributed by atoms with van der Waals surface area (Å²) in [6.45, 7) is 8.39. The first-order chi connectivity index (χ1) is 8.58. The average molecular weight is 381 g/mol. The maximum absolute atomic E-state index is 9.67. The second-order valence-corrected chi connectivity index (χ2v) is 5.68. The molecular formula is C13H19Br2NO2. The van der Waals surface area contributed by atoms with Gasteiger partial charge in [-0.1, -0.05) is 6.92 Å². The van der Waals surface area contributed by atoms with Gasteiger partial charge in [0.25, 0.3) is 0 Å². The molecule has 18 heavy (non-hydrogen) atoms. The zero-order valence-electron chi connectivity index (χ0n) is 10.7. The Morgan fingerprint density at radius 3 is 2.33 bits per heavy atom. The average Bonchev–Trinajstić information content (AvgIpc) is 2.34. The van der Waals surface area contributed by atoms with Gasteiger partial charge in [0.05, 0.1) is 15.6 Å². The number of phenolic OH excluding ortho intramolecular Hbond substituents is 1. The highest BCUT2D eigenvalue weighted by Gasteiger charge is 2.09. The van der Waals surface area contributed by atoms with E-state index in [1.807, 2.05) is 19.1 Å². The van der Waals surface area contributed by atoms with Crippen LogP contribution < -0.4 is 0 Å². The molecule has 0 amide bonds. The Balaban J connectivity index is 2.64. The molecule has 0 saturated carbocycles. The summed E-state index contributed by atoms with van der Waals surface area (Å²) in [5.74, 6) is 0.246. The fourth-order valence-corrected chi connectivity index (χ4v) is 2.94. The van der Waals surface area contributed by atoms with Gasteiger partial charge < -0.3 is 9.84 Å². The van der Waals surface area contributed by atoms with E-state index in [0.29, 0.717) is 8.95 Å². The van der Waals surface area contributed by atoms with Crippen LogP contribution in [-0.2, 0) is 11.3 Å². The Bertz CT molecular complexity index is 362. The normalized spacial score (nSPS) is 11.2. The number of benzene rings is 1. The van der Waals surface area contributed by atoms with Crippen LogP contribution >= 0.6 is 31.9 Å². The third-order valence-electron chi connectivity index (χ3n) is 2.69. The van der Waals surface area contributed by atoms with Crippen molar-refractivity contribution < 1.29 is 9.84 Å². The van der Waals surface area contributed by atoms with E-state index in [4.69, 9.17) is 4.74 Å². The lowest BCUT2D eigenvalue weighted by Gasteiger charge is -2.20. The van der Waals surface area contributed by atoms with Crippen LogP contribution in [0.5, 0.6) is 5.75 Å². The van der Waals surface area contributed by atoms with Crippen molar-refractivity contribution in [2.24, 2.45) is 0 Å². The third kappa shape index (κ3) is 4.88. The minimum Gasteiger partial charge on any atom is -0.506 e. The Morgan fingerprint density at radius 1 is 1.22 bits per heavy atom. The van der Waals surface area contributed by atoms with E-state index in [-0.39, 0.29) is 5.75 Å². The quantitative estimate of drug-likeness (QED) is 0.730. The zero-order chi connectivity index (χ0) is 13.5. The topological polar surface area (TPSA) is 32.7 Å². The molecule has 1 rings (SSSR count). The number of likely N-dealkylation sites (N-methyl/N-ethyl adjacent to an activating group) is 1. The van der Waals surface area contributed by atoms with Crippen molar-refractivity contribution in [3.05, 3.63) is 26.6 Å². The number of phenols is 1. The molecule has 0 saturated heterocycles. The van der Waals surface area contributed by atoms with Gasteiger partial charge in [-0.15, -0.1) is 0 Å². The molecule has 0 aliphatic heterocycles. The third-order valence-corrected chi connectivity index (χ3v) is 3.90. The Kier molecular flexibility index (Phi) is 7.22. The summed E-state index contributed by atoms with van der Waals surface area (Å²) in [5, 5.41) is 9.67. The molecule has 0 radical (unpaired) electrons. The highest BCUT2D eigenvalue weighted by molar-refractivity contribution is 9.11. The monoisotopic (exact) mass is 379 g/mol. The number of ether oxygens (including phenoxy) is 1. The lowest BCUT2D eigenvalue weighted by molar-refractivity contribution is 0.113. The molecule has 0 aromatic heterocycles. The van der Waals surface area contributed by atoms with Gasteiger partial charge in [-0.05, 0) is 63.0 Å². The van der Waals surface area contributed by atoms with Gasteiger partial charge in [0.1, 0.15) is 5.75 Å². The molecular weight excluding hydrogens is 362 g/mol. The van der Waals surface area contributed by atoms with Crippen LogP contribution in [0.4, 0.5) is 0 Å². The van der Waals surface area contributed by atoms with Crippen molar-refractivity contribution in [3.63, 3.8) is 0 Å². The van der Waals surface area contributed by atoms with Crippen LogP contribution in [-0.4, -0.2) is 36.3 Å². The van der Waals surface area contributed by atoms with E-state index in [1.165, 1.54) is 0 Å². The summed E-state index contributed by atoms with van der Waals surface area (Å²) in [6.07, 6.45) is 0. The van der Waals surface area contributed by atoms with Crippen molar-refractivity contribution in [1.29, 1.82) is 0 Å². The van der Waals surface area contributed by atoms with Crippen molar-refractivity contribution in [1.82, 2.24) is 4.90 Å². The lowest BCUT2D eigenvalue weighted by atomic mass is 10.2. The van der Waals surface area contributed by atoms with E-state index < -0.39 is 0 Å². The standard InChI is InChI=1S/C13H19Br2NO2/c1-3-16(5-6-18-4-2)9-10-7-11(14)13(17)12(15)8-10/h7-8,17H,3-6,9H2,1-2H3. The molecule has 3 nitrogen and oxygen atoms in total. The summed E-state index contributed by atoms with van der Waals surface area (Å²) >= 11 is 6.70. The zero-order valence-corrected chi connectivity index (χ0v) is 13.9. The SMILES string of the molecule is CCOCCN(CC)Cc1cc(Br)c(O)c(Br)c1. The van der Waals surface area contributed by atoms with Crippen LogP contribution in [0.1, 0.15) is 19.4 Å². The Morgan fingerprint density at radius 2 is 1.83 bits per heavy atom. The first-order valence-electron chi connectivity index (χ1n) is 6.05. The molecule has 0 fully saturated rings. The minimum absolute atomic E-state index is 0.246. The second-order valence-electron chi connectivity index (χ2n) is 3.97. The number of nitrogens with zero attached hydrogens (tertiary/aromatic N) is 1. The molecule has 0 atom stereocenters. The summed E-state index contributed by atoms with van der Waals surface area (Å²) in [6, 6.07) is 3.90. The maximum Gasteiger partial charge on any atom is 0.143 e. The van der Waals surface area contributed by atoms with E-state index in [2.05, 4.69) is 43.7 Å². The summed E-state index contributed by atoms with van der Waals surface area (Å²) in [4.78, 5) is 2.31. The highest BCUT2D eigenvalue weighted by atomic mass is 79.9. The fraction of sp³-hybridized carbons (Fsp3) is 0.538. The van der Waals surface area contributed by atoms with E-state index >= 15 is 0 Å². The Labute approximate surface area is 125 Å². The predicted molar refractivity (Wildman–Crippen MR) is 81.0 cm³/mol. The fourth-order valence-electron chi connectivity index (χ4n) is 1.65. The molecule has 0 aliphatic rings. The highest BCUT2D eigenvalue weighted by Crippen LogP contribution is 2.33. The molecule has 102 valence electrons. The molecule has 1 aromatic rings. The summed E-state index contributed by atoms with van der Waals surface area (Å²) in [5.41, 5.74) is 1.16. The van der Waals surface area contributed by atoms with Gasteiger partial charge in [0.15, 0.2) is 0 Å². The minimum atomic E-state index is 0.246. The number of aromatic hydroxyl groups is 1. The van der Waals surface area contributed by atoms with Gasteiger partial charge >= 0.3 is 0 Å². The first-order valence-corrected chi connectivity index (χ1v) is 7.64. The second kappa shape index (κ2) is 8.15. The van der Waals surface area contributed by atoms with Crippen LogP contribution in [0.25, 0.3) is 0 Å². The molecule has 1 aromatic carbocycles. The van der Waals surface area contributed by atoms with Crippen LogP contribution in [0.15, 0.2) is 21.1 Å². The molecule has 5 heteroatoms. The molecule has 0 spiro atoms. The molecule has 1 N–H and O–H groups in total. The predicted octanol–water partition coefficient (Wildman–Crippen LogP) is 3.78. The van der Waals surface area contributed by atoms with E-state index in [9.17, 15) is 5.11 Å². The molecule has 0 bridgehead atoms.